The molecule has 8 heteroatoms. The van der Waals surface area contributed by atoms with Gasteiger partial charge in [0.1, 0.15) is 29.5 Å². The maximum atomic E-state index is 13.3. The van der Waals surface area contributed by atoms with Gasteiger partial charge in [-0.05, 0) is 86.3 Å². The van der Waals surface area contributed by atoms with E-state index >= 15 is 0 Å². The van der Waals surface area contributed by atoms with Gasteiger partial charge in [-0.1, -0.05) is 24.3 Å². The lowest BCUT2D eigenvalue weighted by Gasteiger charge is -2.36. The van der Waals surface area contributed by atoms with Crippen LogP contribution in [0.2, 0.25) is 0 Å². The second-order valence-corrected chi connectivity index (χ2v) is 10.7. The Morgan fingerprint density at radius 1 is 0.952 bits per heavy atom. The highest BCUT2D eigenvalue weighted by atomic mass is 16.5. The number of hydrogen-bond acceptors (Lipinski definition) is 7. The number of carbonyl (C=O) groups is 3. The zero-order chi connectivity index (χ0) is 30.0. The van der Waals surface area contributed by atoms with Crippen molar-refractivity contribution in [3.63, 3.8) is 0 Å². The van der Waals surface area contributed by atoms with Crippen LogP contribution in [0, 0.1) is 20.8 Å². The van der Waals surface area contributed by atoms with Gasteiger partial charge in [-0.25, -0.2) is 0 Å². The number of fused-ring (bicyclic) bond motifs is 1. The number of carbonyl (C=O) groups excluding carboxylic acids is 3. The number of anilines is 1. The lowest BCUT2D eigenvalue weighted by Crippen LogP contribution is -2.45. The topological polar surface area (TPSA) is 104 Å². The number of nitrogens with one attached hydrogen (secondary N) is 1. The zero-order valence-corrected chi connectivity index (χ0v) is 24.2. The fourth-order valence-electron chi connectivity index (χ4n) is 5.07. The molecule has 0 bridgehead atoms. The van der Waals surface area contributed by atoms with Crippen molar-refractivity contribution in [2.45, 2.75) is 46.6 Å². The van der Waals surface area contributed by atoms with Crippen molar-refractivity contribution in [3.05, 3.63) is 101 Å². The van der Waals surface area contributed by atoms with E-state index in [0.29, 0.717) is 39.6 Å². The Morgan fingerprint density at radius 3 is 2.24 bits per heavy atom. The van der Waals surface area contributed by atoms with Gasteiger partial charge < -0.3 is 19.5 Å². The Labute approximate surface area is 244 Å². The lowest BCUT2D eigenvalue weighted by molar-refractivity contribution is -0.132. The van der Waals surface area contributed by atoms with Crippen molar-refractivity contribution < 1.29 is 28.6 Å². The van der Waals surface area contributed by atoms with Crippen LogP contribution in [-0.4, -0.2) is 34.9 Å². The third-order valence-corrected chi connectivity index (χ3v) is 7.39. The van der Waals surface area contributed by atoms with Crippen LogP contribution in [0.4, 0.5) is 5.69 Å². The first kappa shape index (κ1) is 28.5. The number of ketones is 1. The molecule has 2 heterocycles. The first-order valence-electron chi connectivity index (χ1n) is 13.6. The molecule has 1 aliphatic rings. The largest absolute Gasteiger partial charge is 0.489 e. The number of hydrogen-bond donors (Lipinski definition) is 1. The van der Waals surface area contributed by atoms with Gasteiger partial charge in [0, 0.05) is 30.6 Å². The monoisotopic (exact) mass is 564 g/mol. The number of esters is 1. The first-order valence-corrected chi connectivity index (χ1v) is 13.6. The Balaban J connectivity index is 1.24. The van der Waals surface area contributed by atoms with Gasteiger partial charge in [-0.15, -0.1) is 0 Å². The lowest BCUT2D eigenvalue weighted by atomic mass is 9.86. The molecule has 3 aromatic carbocycles. The van der Waals surface area contributed by atoms with Gasteiger partial charge in [0.25, 0.3) is 5.91 Å². The molecule has 0 aliphatic carbocycles. The van der Waals surface area contributed by atoms with Crippen LogP contribution < -0.4 is 19.5 Å². The average molecular weight is 565 g/mol. The standard InChI is InChI=1S/C34H32N2O6/c1-20-21(2)32-30(22(3)31(20)41-23(4)37)29(38)17-34(5,42-32)19-40-28-14-10-25(11-15-28)24-8-12-27(13-9-24)36-33(39)26-7-6-16-35-18-26/h6-16,18H,17,19H2,1-5H3,(H,36,39). The van der Waals surface area contributed by atoms with Crippen molar-refractivity contribution in [1.82, 2.24) is 4.98 Å². The summed E-state index contributed by atoms with van der Waals surface area (Å²) in [6.45, 7) is 8.87. The summed E-state index contributed by atoms with van der Waals surface area (Å²) in [6.07, 6.45) is 3.28. The predicted octanol–water partition coefficient (Wildman–Crippen LogP) is 6.65. The van der Waals surface area contributed by atoms with Gasteiger partial charge >= 0.3 is 5.97 Å². The molecule has 5 rings (SSSR count). The molecular weight excluding hydrogens is 532 g/mol. The molecule has 1 aromatic heterocycles. The van der Waals surface area contributed by atoms with E-state index in [1.165, 1.54) is 13.1 Å². The van der Waals surface area contributed by atoms with E-state index in [1.807, 2.05) is 69.3 Å². The van der Waals surface area contributed by atoms with Gasteiger partial charge in [0.2, 0.25) is 0 Å². The number of rotatable bonds is 7. The predicted molar refractivity (Wildman–Crippen MR) is 160 cm³/mol. The van der Waals surface area contributed by atoms with Crippen molar-refractivity contribution in [2.24, 2.45) is 0 Å². The minimum atomic E-state index is -0.870. The summed E-state index contributed by atoms with van der Waals surface area (Å²) in [5, 5.41) is 2.87. The summed E-state index contributed by atoms with van der Waals surface area (Å²) in [4.78, 5) is 41.3. The fraction of sp³-hybridized carbons (Fsp3) is 0.235. The van der Waals surface area contributed by atoms with Crippen molar-refractivity contribution in [3.8, 4) is 28.4 Å². The van der Waals surface area contributed by atoms with E-state index in [9.17, 15) is 14.4 Å². The molecule has 8 nitrogen and oxygen atoms in total. The SMILES string of the molecule is CC(=O)Oc1c(C)c(C)c2c(c1C)C(=O)CC(C)(COc1ccc(-c3ccc(NC(=O)c4cccnc4)cc3)cc1)O2. The van der Waals surface area contributed by atoms with Crippen LogP contribution in [0.3, 0.4) is 0 Å². The molecular formula is C34H32N2O6. The summed E-state index contributed by atoms with van der Waals surface area (Å²) in [6, 6.07) is 18.7. The van der Waals surface area contributed by atoms with Crippen molar-refractivity contribution in [2.75, 3.05) is 11.9 Å². The molecule has 1 aliphatic heterocycles. The summed E-state index contributed by atoms with van der Waals surface area (Å²) in [5.41, 5.74) is 4.87. The van der Waals surface area contributed by atoms with E-state index in [-0.39, 0.29) is 24.7 Å². The maximum absolute atomic E-state index is 13.3. The van der Waals surface area contributed by atoms with Crippen LogP contribution in [0.1, 0.15) is 57.7 Å². The van der Waals surface area contributed by atoms with E-state index in [4.69, 9.17) is 14.2 Å². The number of amides is 1. The highest BCUT2D eigenvalue weighted by Gasteiger charge is 2.40. The molecule has 214 valence electrons. The quantitative estimate of drug-likeness (QED) is 0.198. The Kier molecular flexibility index (Phi) is 7.81. The normalized spacial score (nSPS) is 15.8. The van der Waals surface area contributed by atoms with Gasteiger partial charge in [0.15, 0.2) is 5.78 Å². The molecule has 1 atom stereocenters. The van der Waals surface area contributed by atoms with E-state index < -0.39 is 11.6 Å². The molecule has 42 heavy (non-hydrogen) atoms. The molecule has 4 aromatic rings. The number of Topliss-reactive ketones (excluding diaryl/α,β-unsaturated/α-hetero) is 1. The number of benzene rings is 3. The van der Waals surface area contributed by atoms with Crippen molar-refractivity contribution in [1.29, 1.82) is 0 Å². The minimum absolute atomic E-state index is 0.0771. The average Bonchev–Trinajstić information content (AvgIpc) is 2.98. The molecule has 1 amide bonds. The summed E-state index contributed by atoms with van der Waals surface area (Å²) in [7, 11) is 0. The van der Waals surface area contributed by atoms with Gasteiger partial charge in [0.05, 0.1) is 17.5 Å². The molecule has 1 unspecified atom stereocenters. The smallest absolute Gasteiger partial charge is 0.308 e. The number of nitrogens with zero attached hydrogens (tertiary/aromatic N) is 1. The minimum Gasteiger partial charge on any atom is -0.489 e. The maximum Gasteiger partial charge on any atom is 0.308 e. The van der Waals surface area contributed by atoms with E-state index in [1.54, 1.807) is 25.3 Å². The first-order chi connectivity index (χ1) is 20.0. The summed E-state index contributed by atoms with van der Waals surface area (Å²) in [5.74, 6) is 0.850. The van der Waals surface area contributed by atoms with Crippen LogP contribution in [0.25, 0.3) is 11.1 Å². The van der Waals surface area contributed by atoms with Crippen LogP contribution in [0.15, 0.2) is 73.1 Å². The molecule has 0 saturated carbocycles. The third-order valence-electron chi connectivity index (χ3n) is 7.39. The highest BCUT2D eigenvalue weighted by Crippen LogP contribution is 2.44. The number of pyridine rings is 1. The second-order valence-electron chi connectivity index (χ2n) is 10.7. The van der Waals surface area contributed by atoms with Crippen LogP contribution in [-0.2, 0) is 4.79 Å². The number of aromatic nitrogens is 1. The zero-order valence-electron chi connectivity index (χ0n) is 24.2. The van der Waals surface area contributed by atoms with Gasteiger partial charge in [-0.2, -0.15) is 0 Å². The third kappa shape index (κ3) is 5.88. The molecule has 0 fully saturated rings. The molecule has 0 spiro atoms. The van der Waals surface area contributed by atoms with Crippen molar-refractivity contribution >= 4 is 23.3 Å². The highest BCUT2D eigenvalue weighted by molar-refractivity contribution is 6.04. The van der Waals surface area contributed by atoms with Crippen LogP contribution in [0.5, 0.6) is 17.2 Å². The van der Waals surface area contributed by atoms with E-state index in [0.717, 1.165) is 22.3 Å². The Bertz CT molecular complexity index is 1660. The second kappa shape index (κ2) is 11.5. The molecule has 1 N–H and O–H groups in total. The fourth-order valence-corrected chi connectivity index (χ4v) is 5.07. The number of ether oxygens (including phenoxy) is 3. The Hall–Kier alpha value is -4.98. The summed E-state index contributed by atoms with van der Waals surface area (Å²) >= 11 is 0. The molecule has 0 saturated heterocycles. The van der Waals surface area contributed by atoms with Gasteiger partial charge in [-0.3, -0.25) is 19.4 Å². The Morgan fingerprint density at radius 2 is 1.62 bits per heavy atom. The summed E-state index contributed by atoms with van der Waals surface area (Å²) < 4.78 is 17.9. The molecule has 0 radical (unpaired) electrons. The van der Waals surface area contributed by atoms with Crippen LogP contribution >= 0.6 is 0 Å². The van der Waals surface area contributed by atoms with E-state index in [2.05, 4.69) is 10.3 Å².